The van der Waals surface area contributed by atoms with Gasteiger partial charge in [0.25, 0.3) is 0 Å². The number of hydrogen-bond acceptors (Lipinski definition) is 2. The predicted octanol–water partition coefficient (Wildman–Crippen LogP) is 4.69. The molecule has 0 amide bonds. The van der Waals surface area contributed by atoms with Crippen LogP contribution in [0.3, 0.4) is 0 Å². The second-order valence-electron chi connectivity index (χ2n) is 3.71. The summed E-state index contributed by atoms with van der Waals surface area (Å²) < 4.78 is 0.885. The maximum atomic E-state index is 6.15. The van der Waals surface area contributed by atoms with Crippen molar-refractivity contribution in [3.05, 3.63) is 45.0 Å². The molecule has 6 heteroatoms. The van der Waals surface area contributed by atoms with Crippen LogP contribution < -0.4 is 0 Å². The molecule has 0 atom stereocenters. The Hall–Kier alpha value is -1.10. The van der Waals surface area contributed by atoms with Gasteiger partial charge in [0.15, 0.2) is 5.65 Å². The minimum absolute atomic E-state index is 0.556. The average molecular weight is 343 g/mol. The van der Waals surface area contributed by atoms with E-state index in [-0.39, 0.29) is 0 Å². The predicted molar refractivity (Wildman–Crippen MR) is 77.0 cm³/mol. The smallest absolute Gasteiger partial charge is 0.178 e. The molecule has 0 aliphatic heterocycles. The van der Waals surface area contributed by atoms with Crippen LogP contribution in [0.5, 0.6) is 0 Å². The number of hydrogen-bond donors (Lipinski definition) is 1. The number of halogens is 3. The van der Waals surface area contributed by atoms with Crippen molar-refractivity contribution in [1.82, 2.24) is 15.0 Å². The van der Waals surface area contributed by atoms with Gasteiger partial charge in [-0.25, -0.2) is 9.97 Å². The number of nitrogens with one attached hydrogen (secondary N) is 1. The van der Waals surface area contributed by atoms with Crippen molar-refractivity contribution in [2.75, 3.05) is 0 Å². The second-order valence-corrected chi connectivity index (χ2v) is 5.44. The van der Waals surface area contributed by atoms with E-state index in [2.05, 4.69) is 30.9 Å². The summed E-state index contributed by atoms with van der Waals surface area (Å²) in [5.74, 6) is 0.617. The van der Waals surface area contributed by atoms with Gasteiger partial charge in [0.2, 0.25) is 0 Å². The van der Waals surface area contributed by atoms with Gasteiger partial charge in [-0.2, -0.15) is 0 Å². The number of H-pyrrole nitrogens is 1. The van der Waals surface area contributed by atoms with Crippen LogP contribution in [0.25, 0.3) is 22.6 Å². The van der Waals surface area contributed by atoms with Crippen LogP contribution in [0.15, 0.2) is 34.9 Å². The topological polar surface area (TPSA) is 41.6 Å². The molecule has 1 N–H and O–H groups in total. The summed E-state index contributed by atoms with van der Waals surface area (Å²) in [5.41, 5.74) is 2.15. The van der Waals surface area contributed by atoms with Gasteiger partial charge in [-0.05, 0) is 34.1 Å². The fraction of sp³-hybridized carbons (Fsp3) is 0. The Morgan fingerprint density at radius 2 is 1.89 bits per heavy atom. The number of rotatable bonds is 1. The van der Waals surface area contributed by atoms with Crippen LogP contribution >= 0.6 is 39.1 Å². The maximum absolute atomic E-state index is 6.15. The fourth-order valence-corrected chi connectivity index (χ4v) is 2.62. The highest BCUT2D eigenvalue weighted by molar-refractivity contribution is 9.10. The SMILES string of the molecule is Clc1cccc(Cl)c1-c1nc2ncc(Br)cc2[nH]1. The third kappa shape index (κ3) is 2.00. The molecule has 0 aliphatic rings. The molecule has 2 aromatic heterocycles. The van der Waals surface area contributed by atoms with Gasteiger partial charge in [0.1, 0.15) is 5.82 Å². The minimum atomic E-state index is 0.556. The third-order valence-electron chi connectivity index (χ3n) is 2.50. The van der Waals surface area contributed by atoms with Crippen LogP contribution in [-0.4, -0.2) is 15.0 Å². The third-order valence-corrected chi connectivity index (χ3v) is 3.57. The van der Waals surface area contributed by atoms with Crippen molar-refractivity contribution in [3.63, 3.8) is 0 Å². The van der Waals surface area contributed by atoms with E-state index in [1.165, 1.54) is 0 Å². The van der Waals surface area contributed by atoms with E-state index in [1.807, 2.05) is 6.07 Å². The number of benzene rings is 1. The summed E-state index contributed by atoms with van der Waals surface area (Å²) in [6, 6.07) is 7.26. The molecule has 0 bridgehead atoms. The number of aromatic amines is 1. The lowest BCUT2D eigenvalue weighted by molar-refractivity contribution is 1.30. The van der Waals surface area contributed by atoms with Crippen molar-refractivity contribution < 1.29 is 0 Å². The summed E-state index contributed by atoms with van der Waals surface area (Å²) in [6.07, 6.45) is 1.70. The summed E-state index contributed by atoms with van der Waals surface area (Å²) >= 11 is 15.7. The maximum Gasteiger partial charge on any atom is 0.178 e. The number of aromatic nitrogens is 3. The first-order valence-electron chi connectivity index (χ1n) is 5.11. The number of pyridine rings is 1. The molecule has 0 saturated carbocycles. The number of nitrogens with zero attached hydrogens (tertiary/aromatic N) is 2. The summed E-state index contributed by atoms with van der Waals surface area (Å²) in [5, 5.41) is 1.11. The average Bonchev–Trinajstić information content (AvgIpc) is 2.71. The highest BCUT2D eigenvalue weighted by Crippen LogP contribution is 2.33. The normalized spacial score (nSPS) is 11.1. The zero-order valence-electron chi connectivity index (χ0n) is 8.92. The zero-order chi connectivity index (χ0) is 12.7. The van der Waals surface area contributed by atoms with Gasteiger partial charge in [-0.3, -0.25) is 0 Å². The quantitative estimate of drug-likeness (QED) is 0.696. The van der Waals surface area contributed by atoms with Gasteiger partial charge >= 0.3 is 0 Å². The van der Waals surface area contributed by atoms with Crippen molar-refractivity contribution in [1.29, 1.82) is 0 Å². The van der Waals surface area contributed by atoms with E-state index in [1.54, 1.807) is 24.4 Å². The second kappa shape index (κ2) is 4.53. The molecule has 90 valence electrons. The molecular weight excluding hydrogens is 337 g/mol. The van der Waals surface area contributed by atoms with Crippen molar-refractivity contribution in [2.45, 2.75) is 0 Å². The lowest BCUT2D eigenvalue weighted by Crippen LogP contribution is -1.83. The number of fused-ring (bicyclic) bond motifs is 1. The van der Waals surface area contributed by atoms with Crippen LogP contribution in [0.2, 0.25) is 10.0 Å². The van der Waals surface area contributed by atoms with Gasteiger partial charge in [0, 0.05) is 10.7 Å². The monoisotopic (exact) mass is 341 g/mol. The lowest BCUT2D eigenvalue weighted by atomic mass is 10.2. The Kier molecular flexibility index (Phi) is 3.01. The Morgan fingerprint density at radius 3 is 2.61 bits per heavy atom. The standard InChI is InChI=1S/C12H6BrCl2N3/c13-6-4-9-11(16-5-6)18-12(17-9)10-7(14)2-1-3-8(10)15/h1-5H,(H,16,17,18). The van der Waals surface area contributed by atoms with Crippen LogP contribution in [0.4, 0.5) is 0 Å². The first kappa shape index (κ1) is 12.0. The Morgan fingerprint density at radius 1 is 1.17 bits per heavy atom. The van der Waals surface area contributed by atoms with E-state index in [0.29, 0.717) is 27.1 Å². The summed E-state index contributed by atoms with van der Waals surface area (Å²) in [7, 11) is 0. The van der Waals surface area contributed by atoms with E-state index in [9.17, 15) is 0 Å². The van der Waals surface area contributed by atoms with E-state index >= 15 is 0 Å². The summed E-state index contributed by atoms with van der Waals surface area (Å²) in [6.45, 7) is 0. The molecule has 0 fully saturated rings. The van der Waals surface area contributed by atoms with E-state index in [4.69, 9.17) is 23.2 Å². The molecule has 0 unspecified atom stereocenters. The largest absolute Gasteiger partial charge is 0.336 e. The Labute approximate surface area is 121 Å². The van der Waals surface area contributed by atoms with Gasteiger partial charge in [0.05, 0.1) is 21.1 Å². The number of imidazole rings is 1. The first-order valence-corrected chi connectivity index (χ1v) is 6.65. The molecular formula is C12H6BrCl2N3. The molecule has 0 saturated heterocycles. The van der Waals surface area contributed by atoms with Crippen LogP contribution in [-0.2, 0) is 0 Å². The van der Waals surface area contributed by atoms with Gasteiger partial charge in [-0.15, -0.1) is 0 Å². The summed E-state index contributed by atoms with van der Waals surface area (Å²) in [4.78, 5) is 11.8. The minimum Gasteiger partial charge on any atom is -0.336 e. The molecule has 3 rings (SSSR count). The van der Waals surface area contributed by atoms with E-state index < -0.39 is 0 Å². The molecule has 3 aromatic rings. The zero-order valence-corrected chi connectivity index (χ0v) is 12.0. The Bertz CT molecular complexity index is 719. The molecule has 2 heterocycles. The van der Waals surface area contributed by atoms with Crippen LogP contribution in [0.1, 0.15) is 0 Å². The molecule has 0 radical (unpaired) electrons. The fourth-order valence-electron chi connectivity index (χ4n) is 1.72. The molecule has 0 aliphatic carbocycles. The Balaban J connectivity index is 2.26. The van der Waals surface area contributed by atoms with Crippen molar-refractivity contribution in [3.8, 4) is 11.4 Å². The molecule has 18 heavy (non-hydrogen) atoms. The van der Waals surface area contributed by atoms with E-state index in [0.717, 1.165) is 9.99 Å². The lowest BCUT2D eigenvalue weighted by Gasteiger charge is -2.02. The highest BCUT2D eigenvalue weighted by atomic mass is 79.9. The van der Waals surface area contributed by atoms with Gasteiger partial charge in [-0.1, -0.05) is 29.3 Å². The van der Waals surface area contributed by atoms with Crippen molar-refractivity contribution >= 4 is 50.3 Å². The highest BCUT2D eigenvalue weighted by Gasteiger charge is 2.13. The molecule has 1 aromatic carbocycles. The van der Waals surface area contributed by atoms with Crippen molar-refractivity contribution in [2.24, 2.45) is 0 Å². The first-order chi connectivity index (χ1) is 8.65. The molecule has 3 nitrogen and oxygen atoms in total. The van der Waals surface area contributed by atoms with Crippen LogP contribution in [0, 0.1) is 0 Å². The molecule has 0 spiro atoms. The van der Waals surface area contributed by atoms with Gasteiger partial charge < -0.3 is 4.98 Å².